The maximum absolute atomic E-state index is 10.2. The number of nitriles is 4. The molecular weight excluding hydrogens is 815 g/mol. The number of hydrogen-bond donors (Lipinski definition) is 0. The number of fused-ring (bicyclic) bond motifs is 3. The van der Waals surface area contributed by atoms with Crippen LogP contribution in [-0.2, 0) is 5.41 Å². The van der Waals surface area contributed by atoms with Crippen LogP contribution in [0, 0.1) is 45.3 Å². The smallest absolute Gasteiger partial charge is 0.0998 e. The van der Waals surface area contributed by atoms with Crippen LogP contribution in [-0.4, -0.2) is 4.57 Å². The van der Waals surface area contributed by atoms with Crippen LogP contribution in [0.25, 0.3) is 94.3 Å². The van der Waals surface area contributed by atoms with Crippen molar-refractivity contribution in [2.75, 3.05) is 0 Å². The highest BCUT2D eigenvalue weighted by molar-refractivity contribution is 6.12. The van der Waals surface area contributed by atoms with E-state index in [9.17, 15) is 21.0 Å². The average molecular weight is 856 g/mol. The van der Waals surface area contributed by atoms with Gasteiger partial charge in [0.2, 0.25) is 0 Å². The summed E-state index contributed by atoms with van der Waals surface area (Å²) >= 11 is 0. The lowest BCUT2D eigenvalue weighted by Crippen LogP contribution is -2.15. The zero-order valence-corrected chi connectivity index (χ0v) is 37.2. The topological polar surface area (TPSA) is 100 Å². The summed E-state index contributed by atoms with van der Waals surface area (Å²) in [7, 11) is 0. The van der Waals surface area contributed by atoms with Gasteiger partial charge in [0.05, 0.1) is 57.6 Å². The molecule has 10 aromatic rings. The first-order chi connectivity index (χ1) is 32.7. The van der Waals surface area contributed by atoms with Gasteiger partial charge in [0.1, 0.15) is 0 Å². The van der Waals surface area contributed by atoms with Gasteiger partial charge < -0.3 is 4.57 Å². The standard InChI is InChI=1S/C62H41N5/c1-62(2,3)58-22-12-13-23-61(58)67-59-26-24-40(46-28-48(52-18-8-4-14-42(52)36-63)32-49(29-46)53-19-9-5-15-43(53)37-64)34-56(59)57-35-41(25-27-60(57)67)47-30-50(54-20-10-6-16-44(54)38-65)33-51(31-47)55-21-11-7-17-45(55)39-66/h4-35H,1-3H3. The summed E-state index contributed by atoms with van der Waals surface area (Å²) in [4.78, 5) is 0. The van der Waals surface area contributed by atoms with E-state index in [0.717, 1.165) is 94.3 Å². The molecule has 0 fully saturated rings. The lowest BCUT2D eigenvalue weighted by Gasteiger charge is -2.24. The molecular formula is C62H41N5. The van der Waals surface area contributed by atoms with Crippen LogP contribution in [0.2, 0.25) is 0 Å². The van der Waals surface area contributed by atoms with E-state index in [-0.39, 0.29) is 5.41 Å². The van der Waals surface area contributed by atoms with E-state index < -0.39 is 0 Å². The summed E-state index contributed by atoms with van der Waals surface area (Å²) in [5.74, 6) is 0. The van der Waals surface area contributed by atoms with Gasteiger partial charge in [0.25, 0.3) is 0 Å². The number of benzene rings is 9. The minimum atomic E-state index is -0.147. The van der Waals surface area contributed by atoms with Crippen LogP contribution in [0.4, 0.5) is 0 Å². The Morgan fingerprint density at radius 3 is 0.985 bits per heavy atom. The second-order valence-corrected chi connectivity index (χ2v) is 17.8. The summed E-state index contributed by atoms with van der Waals surface area (Å²) in [6.45, 7) is 6.73. The van der Waals surface area contributed by atoms with Gasteiger partial charge in [-0.2, -0.15) is 21.0 Å². The molecule has 1 heterocycles. The van der Waals surface area contributed by atoms with Crippen molar-refractivity contribution in [1.82, 2.24) is 4.57 Å². The minimum absolute atomic E-state index is 0.147. The van der Waals surface area contributed by atoms with Crippen molar-refractivity contribution in [2.24, 2.45) is 0 Å². The molecule has 0 saturated carbocycles. The molecule has 10 rings (SSSR count). The second kappa shape index (κ2) is 17.0. The molecule has 0 radical (unpaired) electrons. The fourth-order valence-corrected chi connectivity index (χ4v) is 9.48. The third-order valence-corrected chi connectivity index (χ3v) is 12.7. The van der Waals surface area contributed by atoms with Gasteiger partial charge in [-0.1, -0.05) is 124 Å². The third-order valence-electron chi connectivity index (χ3n) is 12.7. The number of aromatic nitrogens is 1. The molecule has 1 aromatic heterocycles. The largest absolute Gasteiger partial charge is 0.309 e. The lowest BCUT2D eigenvalue weighted by atomic mass is 9.85. The number of nitrogens with zero attached hydrogens (tertiary/aromatic N) is 5. The summed E-state index contributed by atoms with van der Waals surface area (Å²) in [6, 6.07) is 74.7. The van der Waals surface area contributed by atoms with Crippen molar-refractivity contribution in [3.8, 4) is 96.7 Å². The Morgan fingerprint density at radius 2 is 0.642 bits per heavy atom. The Morgan fingerprint density at radius 1 is 0.328 bits per heavy atom. The average Bonchev–Trinajstić information content (AvgIpc) is 3.70. The van der Waals surface area contributed by atoms with Crippen molar-refractivity contribution >= 4 is 21.8 Å². The Hall–Kier alpha value is -9.26. The zero-order chi connectivity index (χ0) is 46.2. The van der Waals surface area contributed by atoms with Crippen LogP contribution in [0.5, 0.6) is 0 Å². The Bertz CT molecular complexity index is 3420. The molecule has 0 unspecified atom stereocenters. The van der Waals surface area contributed by atoms with Crippen LogP contribution in [0.1, 0.15) is 48.6 Å². The molecule has 9 aromatic carbocycles. The molecule has 314 valence electrons. The Kier molecular flexibility index (Phi) is 10.6. The first-order valence-electron chi connectivity index (χ1n) is 22.1. The van der Waals surface area contributed by atoms with Crippen LogP contribution >= 0.6 is 0 Å². The molecule has 0 spiro atoms. The van der Waals surface area contributed by atoms with Crippen LogP contribution in [0.15, 0.2) is 194 Å². The van der Waals surface area contributed by atoms with Gasteiger partial charge in [-0.05, 0) is 169 Å². The summed E-state index contributed by atoms with van der Waals surface area (Å²) in [5.41, 5.74) is 17.2. The van der Waals surface area contributed by atoms with E-state index in [1.165, 1.54) is 5.56 Å². The third kappa shape index (κ3) is 7.58. The van der Waals surface area contributed by atoms with E-state index in [1.54, 1.807) is 0 Å². The van der Waals surface area contributed by atoms with Gasteiger partial charge in [-0.3, -0.25) is 0 Å². The molecule has 5 heteroatoms. The van der Waals surface area contributed by atoms with E-state index in [2.05, 4.69) is 147 Å². The monoisotopic (exact) mass is 855 g/mol. The first kappa shape index (κ1) is 41.7. The van der Waals surface area contributed by atoms with E-state index in [1.807, 2.05) is 97.1 Å². The molecule has 0 aliphatic heterocycles. The van der Waals surface area contributed by atoms with Crippen LogP contribution < -0.4 is 0 Å². The maximum Gasteiger partial charge on any atom is 0.0998 e. The van der Waals surface area contributed by atoms with Gasteiger partial charge in [0.15, 0.2) is 0 Å². The molecule has 0 N–H and O–H groups in total. The molecule has 67 heavy (non-hydrogen) atoms. The molecule has 0 aliphatic carbocycles. The predicted molar refractivity (Wildman–Crippen MR) is 271 cm³/mol. The van der Waals surface area contributed by atoms with Crippen molar-refractivity contribution in [3.63, 3.8) is 0 Å². The number of rotatable bonds is 7. The van der Waals surface area contributed by atoms with E-state index >= 15 is 0 Å². The van der Waals surface area contributed by atoms with Gasteiger partial charge in [-0.25, -0.2) is 0 Å². The first-order valence-corrected chi connectivity index (χ1v) is 22.1. The number of para-hydroxylation sites is 1. The summed E-state index contributed by atoms with van der Waals surface area (Å²) < 4.78 is 2.38. The molecule has 0 saturated heterocycles. The highest BCUT2D eigenvalue weighted by atomic mass is 15.0. The molecule has 0 amide bonds. The van der Waals surface area contributed by atoms with E-state index in [0.29, 0.717) is 22.3 Å². The van der Waals surface area contributed by atoms with E-state index in [4.69, 9.17) is 0 Å². The highest BCUT2D eigenvalue weighted by Gasteiger charge is 2.23. The quantitative estimate of drug-likeness (QED) is 0.159. The normalized spacial score (nSPS) is 11.1. The predicted octanol–water partition coefficient (Wildman–Crippen LogP) is 15.6. The van der Waals surface area contributed by atoms with Gasteiger partial charge in [0, 0.05) is 16.5 Å². The van der Waals surface area contributed by atoms with Crippen molar-refractivity contribution in [1.29, 1.82) is 21.0 Å². The molecule has 0 atom stereocenters. The van der Waals surface area contributed by atoms with Crippen molar-refractivity contribution in [2.45, 2.75) is 26.2 Å². The highest BCUT2D eigenvalue weighted by Crippen LogP contribution is 2.43. The molecule has 0 aliphatic rings. The van der Waals surface area contributed by atoms with Crippen molar-refractivity contribution in [3.05, 3.63) is 222 Å². The zero-order valence-electron chi connectivity index (χ0n) is 37.2. The van der Waals surface area contributed by atoms with Crippen LogP contribution in [0.3, 0.4) is 0 Å². The lowest BCUT2D eigenvalue weighted by molar-refractivity contribution is 0.587. The number of hydrogen-bond acceptors (Lipinski definition) is 4. The minimum Gasteiger partial charge on any atom is -0.309 e. The Balaban J connectivity index is 1.25. The molecule has 0 bridgehead atoms. The van der Waals surface area contributed by atoms with Gasteiger partial charge >= 0.3 is 0 Å². The second-order valence-electron chi connectivity index (χ2n) is 17.8. The summed E-state index contributed by atoms with van der Waals surface area (Å²) in [6.07, 6.45) is 0. The fourth-order valence-electron chi connectivity index (χ4n) is 9.48. The fraction of sp³-hybridized carbons (Fsp3) is 0.0645. The Labute approximate surface area is 390 Å². The van der Waals surface area contributed by atoms with Crippen molar-refractivity contribution < 1.29 is 0 Å². The molecule has 5 nitrogen and oxygen atoms in total. The SMILES string of the molecule is CC(C)(C)c1ccccc1-n1c2ccc(-c3cc(-c4ccccc4C#N)cc(-c4ccccc4C#N)c3)cc2c2cc(-c3cc(-c4ccccc4C#N)cc(-c4ccccc4C#N)c3)ccc21. The van der Waals surface area contributed by atoms with Gasteiger partial charge in [-0.15, -0.1) is 0 Å². The summed E-state index contributed by atoms with van der Waals surface area (Å²) in [5, 5.41) is 42.9. The maximum atomic E-state index is 10.2.